The number of nitrogens with zero attached hydrogens (tertiary/aromatic N) is 1. The molecule has 3 unspecified atom stereocenters. The molecule has 1 aliphatic rings. The number of nitrogens with two attached hydrogens (primary N) is 1. The smallest absolute Gasteiger partial charge is 0.0551 e. The molecule has 0 radical (unpaired) electrons. The third kappa shape index (κ3) is 1.90. The molecule has 3 atom stereocenters. The molecule has 0 amide bonds. The van der Waals surface area contributed by atoms with E-state index >= 15 is 0 Å². The van der Waals surface area contributed by atoms with Crippen molar-refractivity contribution in [2.45, 2.75) is 25.5 Å². The first-order valence-corrected chi connectivity index (χ1v) is 5.37. The fourth-order valence-corrected chi connectivity index (χ4v) is 2.33. The Morgan fingerprint density at radius 2 is 2.62 bits per heavy atom. The summed E-state index contributed by atoms with van der Waals surface area (Å²) in [5, 5.41) is 2.02. The van der Waals surface area contributed by atoms with Gasteiger partial charge in [0.15, 0.2) is 0 Å². The molecule has 72 valence electrons. The highest BCUT2D eigenvalue weighted by atomic mass is 32.1. The van der Waals surface area contributed by atoms with Crippen molar-refractivity contribution in [1.82, 2.24) is 4.37 Å². The van der Waals surface area contributed by atoms with Crippen LogP contribution in [0.4, 0.5) is 0 Å². The third-order valence-electron chi connectivity index (χ3n) is 2.57. The van der Waals surface area contributed by atoms with Crippen LogP contribution < -0.4 is 5.73 Å². The molecule has 0 saturated carbocycles. The van der Waals surface area contributed by atoms with Crippen molar-refractivity contribution in [3.63, 3.8) is 0 Å². The van der Waals surface area contributed by atoms with E-state index < -0.39 is 0 Å². The van der Waals surface area contributed by atoms with Crippen LogP contribution in [0.5, 0.6) is 0 Å². The minimum Gasteiger partial charge on any atom is -0.378 e. The standard InChI is InChI=1S/C9H14N2OS/c1-6-2-7(4-12-6)9(10)8-3-11-13-5-8/h3,5-7,9H,2,4,10H2,1H3. The van der Waals surface area contributed by atoms with E-state index in [1.54, 1.807) is 0 Å². The van der Waals surface area contributed by atoms with E-state index in [2.05, 4.69) is 11.3 Å². The predicted molar refractivity (Wildman–Crippen MR) is 52.6 cm³/mol. The zero-order chi connectivity index (χ0) is 9.26. The van der Waals surface area contributed by atoms with Gasteiger partial charge in [-0.05, 0) is 30.4 Å². The SMILES string of the molecule is CC1CC(C(N)c2cnsc2)CO1. The van der Waals surface area contributed by atoms with Crippen molar-refractivity contribution in [3.8, 4) is 0 Å². The van der Waals surface area contributed by atoms with E-state index in [-0.39, 0.29) is 6.04 Å². The van der Waals surface area contributed by atoms with Gasteiger partial charge in [-0.25, -0.2) is 4.37 Å². The van der Waals surface area contributed by atoms with Crippen molar-refractivity contribution in [1.29, 1.82) is 0 Å². The van der Waals surface area contributed by atoms with Gasteiger partial charge in [0.1, 0.15) is 0 Å². The van der Waals surface area contributed by atoms with Crippen LogP contribution in [0.2, 0.25) is 0 Å². The van der Waals surface area contributed by atoms with Gasteiger partial charge in [-0.3, -0.25) is 0 Å². The van der Waals surface area contributed by atoms with Crippen molar-refractivity contribution in [2.75, 3.05) is 6.61 Å². The quantitative estimate of drug-likeness (QED) is 0.784. The number of aromatic nitrogens is 1. The number of hydrogen-bond donors (Lipinski definition) is 1. The molecule has 1 aliphatic heterocycles. The maximum Gasteiger partial charge on any atom is 0.0551 e. The van der Waals surface area contributed by atoms with Crippen molar-refractivity contribution in [2.24, 2.45) is 11.7 Å². The van der Waals surface area contributed by atoms with Crippen LogP contribution in [-0.2, 0) is 4.74 Å². The molecule has 4 heteroatoms. The van der Waals surface area contributed by atoms with Gasteiger partial charge in [0.05, 0.1) is 12.7 Å². The van der Waals surface area contributed by atoms with Gasteiger partial charge in [-0.15, -0.1) is 0 Å². The molecule has 1 aromatic rings. The van der Waals surface area contributed by atoms with Crippen molar-refractivity contribution >= 4 is 11.5 Å². The van der Waals surface area contributed by atoms with Gasteiger partial charge in [-0.2, -0.15) is 0 Å². The predicted octanol–water partition coefficient (Wildman–Crippen LogP) is 1.57. The highest BCUT2D eigenvalue weighted by molar-refractivity contribution is 7.03. The summed E-state index contributed by atoms with van der Waals surface area (Å²) in [5.74, 6) is 0.464. The molecule has 3 nitrogen and oxygen atoms in total. The molecule has 2 N–H and O–H groups in total. The van der Waals surface area contributed by atoms with E-state index in [4.69, 9.17) is 10.5 Å². The highest BCUT2D eigenvalue weighted by Crippen LogP contribution is 2.29. The fraction of sp³-hybridized carbons (Fsp3) is 0.667. The van der Waals surface area contributed by atoms with E-state index in [0.29, 0.717) is 12.0 Å². The van der Waals surface area contributed by atoms with Crippen LogP contribution in [0.15, 0.2) is 11.6 Å². The summed E-state index contributed by atoms with van der Waals surface area (Å²) in [6.07, 6.45) is 3.29. The van der Waals surface area contributed by atoms with Gasteiger partial charge >= 0.3 is 0 Å². The molecule has 0 aromatic carbocycles. The summed E-state index contributed by atoms with van der Waals surface area (Å²) < 4.78 is 9.54. The minimum atomic E-state index is 0.101. The molecule has 1 saturated heterocycles. The first-order chi connectivity index (χ1) is 6.27. The molecular weight excluding hydrogens is 184 g/mol. The summed E-state index contributed by atoms with van der Waals surface area (Å²) in [4.78, 5) is 0. The van der Waals surface area contributed by atoms with Gasteiger partial charge in [0, 0.05) is 23.5 Å². The zero-order valence-electron chi connectivity index (χ0n) is 7.64. The largest absolute Gasteiger partial charge is 0.378 e. The Kier molecular flexibility index (Phi) is 2.62. The second-order valence-corrected chi connectivity index (χ2v) is 4.28. The lowest BCUT2D eigenvalue weighted by Gasteiger charge is -2.15. The molecule has 13 heavy (non-hydrogen) atoms. The normalized spacial score (nSPS) is 30.6. The molecular formula is C9H14N2OS. The molecule has 2 heterocycles. The third-order valence-corrected chi connectivity index (χ3v) is 3.18. The Morgan fingerprint density at radius 1 is 1.77 bits per heavy atom. The molecule has 1 aromatic heterocycles. The number of rotatable bonds is 2. The van der Waals surface area contributed by atoms with E-state index in [9.17, 15) is 0 Å². The monoisotopic (exact) mass is 198 g/mol. The Labute approximate surface area is 82.1 Å². The summed E-state index contributed by atoms with van der Waals surface area (Å²) >= 11 is 1.46. The summed E-state index contributed by atoms with van der Waals surface area (Å²) in [5.41, 5.74) is 7.24. The average molecular weight is 198 g/mol. The van der Waals surface area contributed by atoms with Crippen LogP contribution in [0.3, 0.4) is 0 Å². The second kappa shape index (κ2) is 3.74. The van der Waals surface area contributed by atoms with Crippen LogP contribution in [-0.4, -0.2) is 17.1 Å². The maximum absolute atomic E-state index is 6.09. The van der Waals surface area contributed by atoms with E-state index in [1.807, 2.05) is 11.6 Å². The van der Waals surface area contributed by atoms with Crippen molar-refractivity contribution in [3.05, 3.63) is 17.1 Å². The van der Waals surface area contributed by atoms with Gasteiger partial charge in [0.25, 0.3) is 0 Å². The van der Waals surface area contributed by atoms with Crippen LogP contribution in [0.1, 0.15) is 24.9 Å². The second-order valence-electron chi connectivity index (χ2n) is 3.62. The lowest BCUT2D eigenvalue weighted by molar-refractivity contribution is 0.118. The zero-order valence-corrected chi connectivity index (χ0v) is 8.46. The van der Waals surface area contributed by atoms with Gasteiger partial charge in [0.2, 0.25) is 0 Å². The fourth-order valence-electron chi connectivity index (χ4n) is 1.75. The number of ether oxygens (including phenoxy) is 1. The minimum absolute atomic E-state index is 0.101. The first kappa shape index (κ1) is 9.12. The molecule has 0 spiro atoms. The molecule has 0 aliphatic carbocycles. The summed E-state index contributed by atoms with van der Waals surface area (Å²) in [7, 11) is 0. The Hall–Kier alpha value is -0.450. The topological polar surface area (TPSA) is 48.1 Å². The van der Waals surface area contributed by atoms with Crippen molar-refractivity contribution < 1.29 is 4.74 Å². The lowest BCUT2D eigenvalue weighted by Crippen LogP contribution is -2.21. The highest BCUT2D eigenvalue weighted by Gasteiger charge is 2.28. The van der Waals surface area contributed by atoms with Gasteiger partial charge < -0.3 is 10.5 Å². The van der Waals surface area contributed by atoms with Crippen LogP contribution in [0.25, 0.3) is 0 Å². The van der Waals surface area contributed by atoms with E-state index in [0.717, 1.165) is 18.6 Å². The van der Waals surface area contributed by atoms with Gasteiger partial charge in [-0.1, -0.05) is 0 Å². The maximum atomic E-state index is 6.09. The lowest BCUT2D eigenvalue weighted by atomic mass is 9.94. The molecule has 2 rings (SSSR count). The van der Waals surface area contributed by atoms with Crippen LogP contribution in [0, 0.1) is 5.92 Å². The Morgan fingerprint density at radius 3 is 3.15 bits per heavy atom. The number of hydrogen-bond acceptors (Lipinski definition) is 4. The average Bonchev–Trinajstić information content (AvgIpc) is 2.72. The molecule has 0 bridgehead atoms. The molecule has 1 fully saturated rings. The summed E-state index contributed by atoms with van der Waals surface area (Å²) in [6, 6.07) is 0.101. The first-order valence-electron chi connectivity index (χ1n) is 4.54. The van der Waals surface area contributed by atoms with Crippen LogP contribution >= 0.6 is 11.5 Å². The van der Waals surface area contributed by atoms with E-state index in [1.165, 1.54) is 11.5 Å². The summed E-state index contributed by atoms with van der Waals surface area (Å²) in [6.45, 7) is 2.89. The Bertz CT molecular complexity index is 263. The Balaban J connectivity index is 2.02.